The Kier molecular flexibility index (Phi) is 6.02. The van der Waals surface area contributed by atoms with Gasteiger partial charge in [0.25, 0.3) is 0 Å². The van der Waals surface area contributed by atoms with E-state index in [1.54, 1.807) is 6.07 Å². The van der Waals surface area contributed by atoms with Crippen LogP contribution in [0.3, 0.4) is 0 Å². The summed E-state index contributed by atoms with van der Waals surface area (Å²) in [6, 6.07) is 8.73. The molecule has 142 valence electrons. The highest BCUT2D eigenvalue weighted by atomic mass is 35.5. The summed E-state index contributed by atoms with van der Waals surface area (Å²) in [4.78, 5) is -0.0370. The fourth-order valence-corrected chi connectivity index (χ4v) is 3.86. The molecule has 0 unspecified atom stereocenters. The summed E-state index contributed by atoms with van der Waals surface area (Å²) in [5, 5.41) is 37.7. The Hall–Kier alpha value is -2.00. The third kappa shape index (κ3) is 4.21. The molecular weight excluding hydrogens is 380 g/mol. The highest BCUT2D eigenvalue weighted by Gasteiger charge is 2.30. The first-order valence-electron chi connectivity index (χ1n) is 7.83. The largest absolute Gasteiger partial charge is 0.508 e. The smallest absolute Gasteiger partial charge is 0.238 e. The van der Waals surface area contributed by atoms with Crippen LogP contribution in [-0.2, 0) is 16.4 Å². The predicted molar refractivity (Wildman–Crippen MR) is 99.3 cm³/mol. The lowest BCUT2D eigenvalue weighted by molar-refractivity contribution is 0.401. The minimum atomic E-state index is -3.84. The third-order valence-electron chi connectivity index (χ3n) is 4.63. The van der Waals surface area contributed by atoms with E-state index < -0.39 is 10.0 Å². The number of halogens is 1. The Bertz CT molecular complexity index is 904. The second-order valence-corrected chi connectivity index (χ2v) is 7.87. The maximum atomic E-state index is 11.5. The Labute approximate surface area is 157 Å². The van der Waals surface area contributed by atoms with Gasteiger partial charge in [0.1, 0.15) is 5.75 Å². The Morgan fingerprint density at radius 1 is 1.00 bits per heavy atom. The number of phenols is 3. The zero-order valence-electron chi connectivity index (χ0n) is 13.8. The number of sulfonamides is 1. The van der Waals surface area contributed by atoms with E-state index in [1.807, 2.05) is 0 Å². The molecule has 2 atom stereocenters. The highest BCUT2D eigenvalue weighted by Crippen LogP contribution is 2.36. The van der Waals surface area contributed by atoms with Crippen molar-refractivity contribution in [3.05, 3.63) is 47.5 Å². The van der Waals surface area contributed by atoms with Gasteiger partial charge in [-0.05, 0) is 60.3 Å². The minimum absolute atomic E-state index is 0. The van der Waals surface area contributed by atoms with Crippen LogP contribution in [0.15, 0.2) is 41.3 Å². The van der Waals surface area contributed by atoms with E-state index >= 15 is 0 Å². The number of hydrogen-bond acceptors (Lipinski definition) is 6. The molecule has 0 aliphatic carbocycles. The van der Waals surface area contributed by atoms with Crippen LogP contribution in [0.25, 0.3) is 0 Å². The van der Waals surface area contributed by atoms with Crippen LogP contribution in [0.2, 0.25) is 0 Å². The van der Waals surface area contributed by atoms with Gasteiger partial charge >= 0.3 is 0 Å². The lowest BCUT2D eigenvalue weighted by atomic mass is 9.84. The van der Waals surface area contributed by atoms with Gasteiger partial charge in [0.2, 0.25) is 10.0 Å². The maximum Gasteiger partial charge on any atom is 0.238 e. The number of phenolic OH excluding ortho intramolecular Hbond substituents is 3. The predicted octanol–water partition coefficient (Wildman–Crippen LogP) is 1.42. The van der Waals surface area contributed by atoms with Gasteiger partial charge in [-0.25, -0.2) is 13.6 Å². The van der Waals surface area contributed by atoms with E-state index in [0.29, 0.717) is 25.1 Å². The van der Waals surface area contributed by atoms with Crippen LogP contribution in [0, 0.1) is 5.92 Å². The van der Waals surface area contributed by atoms with Crippen molar-refractivity contribution in [3.8, 4) is 17.2 Å². The van der Waals surface area contributed by atoms with Crippen LogP contribution in [0.5, 0.6) is 17.2 Å². The molecule has 0 amide bonds. The van der Waals surface area contributed by atoms with Crippen molar-refractivity contribution in [2.75, 3.05) is 13.1 Å². The van der Waals surface area contributed by atoms with Crippen molar-refractivity contribution in [2.24, 2.45) is 11.1 Å². The van der Waals surface area contributed by atoms with Crippen molar-refractivity contribution < 1.29 is 23.7 Å². The van der Waals surface area contributed by atoms with Gasteiger partial charge in [-0.15, -0.1) is 12.4 Å². The van der Waals surface area contributed by atoms with Gasteiger partial charge in [0, 0.05) is 12.5 Å². The van der Waals surface area contributed by atoms with E-state index in [4.69, 9.17) is 5.14 Å². The van der Waals surface area contributed by atoms with Crippen LogP contribution < -0.4 is 10.5 Å². The van der Waals surface area contributed by atoms with E-state index in [-0.39, 0.29) is 46.4 Å². The molecule has 0 spiro atoms. The van der Waals surface area contributed by atoms with Crippen LogP contribution in [-0.4, -0.2) is 36.8 Å². The Morgan fingerprint density at radius 3 is 2.35 bits per heavy atom. The molecule has 2 aromatic rings. The minimum Gasteiger partial charge on any atom is -0.508 e. The number of aromatic hydroxyl groups is 3. The molecule has 2 aromatic carbocycles. The average molecular weight is 401 g/mol. The summed E-state index contributed by atoms with van der Waals surface area (Å²) in [6.07, 6.45) is 0.453. The van der Waals surface area contributed by atoms with Crippen molar-refractivity contribution in [2.45, 2.75) is 17.2 Å². The molecule has 0 aromatic heterocycles. The van der Waals surface area contributed by atoms with E-state index in [0.717, 1.165) is 5.56 Å². The molecule has 1 saturated heterocycles. The summed E-state index contributed by atoms with van der Waals surface area (Å²) in [7, 11) is -3.84. The molecule has 0 saturated carbocycles. The van der Waals surface area contributed by atoms with Crippen molar-refractivity contribution in [1.29, 1.82) is 0 Å². The van der Waals surface area contributed by atoms with E-state index in [9.17, 15) is 23.7 Å². The molecular formula is C17H21ClN2O5S. The molecule has 1 aliphatic rings. The number of nitrogens with two attached hydrogens (primary N) is 1. The summed E-state index contributed by atoms with van der Waals surface area (Å²) in [6.45, 7) is 1.37. The average Bonchev–Trinajstić information content (AvgIpc) is 2.99. The normalized spacial score (nSPS) is 19.9. The van der Waals surface area contributed by atoms with Crippen LogP contribution in [0.1, 0.15) is 17.0 Å². The summed E-state index contributed by atoms with van der Waals surface area (Å²) in [5.41, 5.74) is 1.38. The van der Waals surface area contributed by atoms with E-state index in [1.165, 1.54) is 30.3 Å². The topological polar surface area (TPSA) is 133 Å². The SMILES string of the molecule is Cl.NS(=O)(=O)c1ccc(O)c(C[C@@H]2CNC[C@H]2c2ccc(O)c(O)c2)c1. The molecule has 1 fully saturated rings. The Balaban J connectivity index is 0.00000243. The van der Waals surface area contributed by atoms with Gasteiger partial charge in [0.15, 0.2) is 11.5 Å². The number of primary sulfonamides is 1. The number of nitrogens with one attached hydrogen (secondary N) is 1. The molecule has 7 nitrogen and oxygen atoms in total. The van der Waals surface area contributed by atoms with Crippen molar-refractivity contribution in [3.63, 3.8) is 0 Å². The molecule has 3 rings (SSSR count). The third-order valence-corrected chi connectivity index (χ3v) is 5.54. The standard InChI is InChI=1S/C17H20N2O5S.ClH/c18-25(23,24)13-2-4-15(20)11(6-13)5-12-8-19-9-14(12)10-1-3-16(21)17(22)7-10;/h1-4,6-7,12,14,19-22H,5,8-9H2,(H2,18,23,24);1H/t12-,14+;/m1./s1. The zero-order chi connectivity index (χ0) is 18.2. The first kappa shape index (κ1) is 20.3. The van der Waals surface area contributed by atoms with Crippen LogP contribution in [0.4, 0.5) is 0 Å². The summed E-state index contributed by atoms with van der Waals surface area (Å²) in [5.74, 6) is -0.187. The van der Waals surface area contributed by atoms with Crippen molar-refractivity contribution in [1.82, 2.24) is 5.32 Å². The maximum absolute atomic E-state index is 11.5. The lowest BCUT2D eigenvalue weighted by Crippen LogP contribution is -2.16. The number of hydrogen-bond donors (Lipinski definition) is 5. The van der Waals surface area contributed by atoms with Gasteiger partial charge < -0.3 is 20.6 Å². The Morgan fingerprint density at radius 2 is 1.69 bits per heavy atom. The summed E-state index contributed by atoms with van der Waals surface area (Å²) < 4.78 is 23.0. The van der Waals surface area contributed by atoms with Gasteiger partial charge in [-0.1, -0.05) is 6.07 Å². The van der Waals surface area contributed by atoms with Crippen LogP contribution >= 0.6 is 12.4 Å². The second-order valence-electron chi connectivity index (χ2n) is 6.31. The first-order chi connectivity index (χ1) is 11.8. The molecule has 0 radical (unpaired) electrons. The number of benzene rings is 2. The molecule has 6 N–H and O–H groups in total. The molecule has 9 heteroatoms. The van der Waals surface area contributed by atoms with E-state index in [2.05, 4.69) is 5.32 Å². The molecule has 1 aliphatic heterocycles. The van der Waals surface area contributed by atoms with Gasteiger partial charge in [-0.2, -0.15) is 0 Å². The molecule has 0 bridgehead atoms. The van der Waals surface area contributed by atoms with Gasteiger partial charge in [0.05, 0.1) is 4.90 Å². The highest BCUT2D eigenvalue weighted by molar-refractivity contribution is 7.89. The fraction of sp³-hybridized carbons (Fsp3) is 0.294. The second kappa shape index (κ2) is 7.71. The monoisotopic (exact) mass is 400 g/mol. The van der Waals surface area contributed by atoms with Gasteiger partial charge in [-0.3, -0.25) is 0 Å². The fourth-order valence-electron chi connectivity index (χ4n) is 3.29. The number of rotatable bonds is 4. The quantitative estimate of drug-likeness (QED) is 0.493. The molecule has 26 heavy (non-hydrogen) atoms. The molecule has 1 heterocycles. The summed E-state index contributed by atoms with van der Waals surface area (Å²) >= 11 is 0. The zero-order valence-corrected chi connectivity index (χ0v) is 15.4. The van der Waals surface area contributed by atoms with Crippen molar-refractivity contribution >= 4 is 22.4 Å². The lowest BCUT2D eigenvalue weighted by Gasteiger charge is -2.20. The first-order valence-corrected chi connectivity index (χ1v) is 9.37.